The van der Waals surface area contributed by atoms with E-state index < -0.39 is 6.04 Å². The summed E-state index contributed by atoms with van der Waals surface area (Å²) in [5.41, 5.74) is 1.73. The van der Waals surface area contributed by atoms with Gasteiger partial charge in [0, 0.05) is 38.1 Å². The summed E-state index contributed by atoms with van der Waals surface area (Å²) in [4.78, 5) is 22.9. The van der Waals surface area contributed by atoms with Gasteiger partial charge in [0.15, 0.2) is 0 Å². The minimum Gasteiger partial charge on any atom is -0.507 e. The van der Waals surface area contributed by atoms with Crippen molar-refractivity contribution in [1.82, 2.24) is 14.5 Å². The number of pyridine rings is 2. The summed E-state index contributed by atoms with van der Waals surface area (Å²) in [6.07, 6.45) is 3.39. The third-order valence-electron chi connectivity index (χ3n) is 6.77. The van der Waals surface area contributed by atoms with Crippen molar-refractivity contribution >= 4 is 5.82 Å². The van der Waals surface area contributed by atoms with Gasteiger partial charge in [-0.1, -0.05) is 18.2 Å². The second-order valence-electron chi connectivity index (χ2n) is 8.94. The third-order valence-corrected chi connectivity index (χ3v) is 6.77. The molecule has 0 radical (unpaired) electrons. The van der Waals surface area contributed by atoms with Gasteiger partial charge in [-0.3, -0.25) is 9.69 Å². The van der Waals surface area contributed by atoms with Crippen LogP contribution in [0.4, 0.5) is 5.82 Å². The van der Waals surface area contributed by atoms with E-state index in [1.54, 1.807) is 36.3 Å². The molecule has 1 aliphatic rings. The molecule has 0 bridgehead atoms. The average Bonchev–Trinajstić information content (AvgIpc) is 3.43. The number of hydrogen-bond acceptors (Lipinski definition) is 7. The van der Waals surface area contributed by atoms with Gasteiger partial charge in [-0.05, 0) is 55.0 Å². The number of hydrogen-bond donors (Lipinski definition) is 1. The van der Waals surface area contributed by atoms with Crippen molar-refractivity contribution in [3.05, 3.63) is 106 Å². The highest BCUT2D eigenvalue weighted by Crippen LogP contribution is 2.34. The summed E-state index contributed by atoms with van der Waals surface area (Å²) in [6, 6.07) is 18.5. The first kappa shape index (κ1) is 23.7. The molecule has 8 heteroatoms. The van der Waals surface area contributed by atoms with Crippen LogP contribution in [0.3, 0.4) is 0 Å². The van der Waals surface area contributed by atoms with Crippen molar-refractivity contribution in [3.63, 3.8) is 0 Å². The smallest absolute Gasteiger partial charge is 0.260 e. The number of aryl methyl sites for hydroxylation is 1. The lowest BCUT2D eigenvalue weighted by atomic mass is 9.95. The van der Waals surface area contributed by atoms with Crippen LogP contribution < -0.4 is 15.2 Å². The largest absolute Gasteiger partial charge is 0.507 e. The summed E-state index contributed by atoms with van der Waals surface area (Å²) >= 11 is 0. The monoisotopic (exact) mass is 486 g/mol. The Morgan fingerprint density at radius 2 is 1.83 bits per heavy atom. The minimum absolute atomic E-state index is 0.00108. The van der Waals surface area contributed by atoms with Gasteiger partial charge in [-0.2, -0.15) is 0 Å². The molecule has 0 aliphatic carbocycles. The predicted octanol–water partition coefficient (Wildman–Crippen LogP) is 3.82. The molecular formula is C28H30N4O4. The number of furan rings is 1. The quantitative estimate of drug-likeness (QED) is 0.425. The fourth-order valence-electron chi connectivity index (χ4n) is 4.88. The summed E-state index contributed by atoms with van der Waals surface area (Å²) in [6.45, 7) is 5.06. The molecule has 3 aromatic heterocycles. The molecule has 186 valence electrons. The van der Waals surface area contributed by atoms with Crippen molar-refractivity contribution in [2.45, 2.75) is 19.5 Å². The molecule has 8 nitrogen and oxygen atoms in total. The molecule has 1 saturated heterocycles. The van der Waals surface area contributed by atoms with Gasteiger partial charge in [-0.25, -0.2) is 4.98 Å². The summed E-state index contributed by atoms with van der Waals surface area (Å²) < 4.78 is 12.5. The molecule has 4 aromatic rings. The number of ether oxygens (including phenoxy) is 1. The molecule has 1 aliphatic heterocycles. The highest BCUT2D eigenvalue weighted by atomic mass is 16.5. The SMILES string of the molecule is COc1ccc([C@@H](c2c(O)cc(C)n(Cc3ccco3)c2=O)N2CCN(c3ccccn3)CC2)cc1. The maximum atomic E-state index is 13.9. The molecule has 1 fully saturated rings. The Morgan fingerprint density at radius 1 is 1.06 bits per heavy atom. The normalized spacial score (nSPS) is 15.1. The molecular weight excluding hydrogens is 456 g/mol. The molecule has 1 atom stereocenters. The number of nitrogens with zero attached hydrogens (tertiary/aromatic N) is 4. The van der Waals surface area contributed by atoms with Gasteiger partial charge in [0.1, 0.15) is 23.1 Å². The molecule has 0 unspecified atom stereocenters. The molecule has 36 heavy (non-hydrogen) atoms. The van der Waals surface area contributed by atoms with Crippen LogP contribution in [0.25, 0.3) is 0 Å². The van der Waals surface area contributed by atoms with E-state index >= 15 is 0 Å². The Hall–Kier alpha value is -4.04. The van der Waals surface area contributed by atoms with Crippen LogP contribution in [0.2, 0.25) is 0 Å². The molecule has 0 amide bonds. The van der Waals surface area contributed by atoms with Crippen LogP contribution in [0, 0.1) is 6.92 Å². The zero-order valence-corrected chi connectivity index (χ0v) is 20.5. The summed E-state index contributed by atoms with van der Waals surface area (Å²) in [5, 5.41) is 11.1. The number of benzene rings is 1. The van der Waals surface area contributed by atoms with Crippen LogP contribution in [-0.2, 0) is 6.54 Å². The van der Waals surface area contributed by atoms with Gasteiger partial charge in [0.05, 0.1) is 31.5 Å². The topological polar surface area (TPSA) is 84.0 Å². The van der Waals surface area contributed by atoms with E-state index in [-0.39, 0.29) is 11.3 Å². The van der Waals surface area contributed by atoms with Gasteiger partial charge in [-0.15, -0.1) is 0 Å². The first-order chi connectivity index (χ1) is 17.5. The number of anilines is 1. The number of aromatic hydroxyl groups is 1. The van der Waals surface area contributed by atoms with Crippen molar-refractivity contribution < 1.29 is 14.3 Å². The second-order valence-corrected chi connectivity index (χ2v) is 8.94. The first-order valence-electron chi connectivity index (χ1n) is 12.0. The lowest BCUT2D eigenvalue weighted by Crippen LogP contribution is -2.49. The highest BCUT2D eigenvalue weighted by Gasteiger charge is 2.32. The van der Waals surface area contributed by atoms with Gasteiger partial charge in [0.2, 0.25) is 0 Å². The van der Waals surface area contributed by atoms with Crippen LogP contribution in [0.5, 0.6) is 11.5 Å². The Kier molecular flexibility index (Phi) is 6.77. The van der Waals surface area contributed by atoms with Gasteiger partial charge < -0.3 is 23.7 Å². The number of piperazine rings is 1. The summed E-state index contributed by atoms with van der Waals surface area (Å²) in [5.74, 6) is 2.36. The van der Waals surface area contributed by atoms with E-state index in [0.29, 0.717) is 36.7 Å². The molecule has 0 saturated carbocycles. The van der Waals surface area contributed by atoms with Gasteiger partial charge >= 0.3 is 0 Å². The van der Waals surface area contributed by atoms with E-state index in [4.69, 9.17) is 9.15 Å². The zero-order valence-electron chi connectivity index (χ0n) is 20.5. The molecule has 0 spiro atoms. The minimum atomic E-state index is -0.419. The Morgan fingerprint density at radius 3 is 2.47 bits per heavy atom. The lowest BCUT2D eigenvalue weighted by molar-refractivity contribution is 0.207. The predicted molar refractivity (Wildman–Crippen MR) is 138 cm³/mol. The molecule has 4 heterocycles. The van der Waals surface area contributed by atoms with Gasteiger partial charge in [0.25, 0.3) is 5.56 Å². The molecule has 5 rings (SSSR count). The van der Waals surface area contributed by atoms with Crippen molar-refractivity contribution in [2.75, 3.05) is 38.2 Å². The van der Waals surface area contributed by atoms with Crippen LogP contribution >= 0.6 is 0 Å². The maximum Gasteiger partial charge on any atom is 0.260 e. The standard InChI is InChI=1S/C28H30N4O4/c1-20-18-24(33)26(28(34)32(20)19-23-6-5-17-36-23)27(21-8-10-22(35-2)11-9-21)31-15-13-30(14-16-31)25-7-3-4-12-29-25/h3-12,17-18,27,33H,13-16,19H2,1-2H3/t27-/m0/s1. The van der Waals surface area contributed by atoms with E-state index in [9.17, 15) is 9.90 Å². The number of aromatic nitrogens is 2. The van der Waals surface area contributed by atoms with Crippen molar-refractivity contribution in [2.24, 2.45) is 0 Å². The molecule has 1 N–H and O–H groups in total. The van der Waals surface area contributed by atoms with Crippen molar-refractivity contribution in [1.29, 1.82) is 0 Å². The fourth-order valence-corrected chi connectivity index (χ4v) is 4.88. The lowest BCUT2D eigenvalue weighted by Gasteiger charge is -2.40. The van der Waals surface area contributed by atoms with E-state index in [2.05, 4.69) is 14.8 Å². The fraction of sp³-hybridized carbons (Fsp3) is 0.286. The maximum absolute atomic E-state index is 13.9. The van der Waals surface area contributed by atoms with E-state index in [1.165, 1.54) is 0 Å². The number of methoxy groups -OCH3 is 1. The Labute approximate surface area is 210 Å². The highest BCUT2D eigenvalue weighted by molar-refractivity contribution is 5.43. The van der Waals surface area contributed by atoms with Crippen LogP contribution in [0.15, 0.2) is 82.3 Å². The average molecular weight is 487 g/mol. The van der Waals surface area contributed by atoms with Crippen LogP contribution in [-0.4, -0.2) is 52.8 Å². The molecule has 1 aromatic carbocycles. The van der Waals surface area contributed by atoms with Crippen molar-refractivity contribution in [3.8, 4) is 11.5 Å². The zero-order chi connectivity index (χ0) is 25.1. The number of rotatable bonds is 7. The Bertz CT molecular complexity index is 1340. The summed E-state index contributed by atoms with van der Waals surface area (Å²) in [7, 11) is 1.63. The van der Waals surface area contributed by atoms with E-state index in [0.717, 1.165) is 30.2 Å². The second kappa shape index (κ2) is 10.3. The third kappa shape index (κ3) is 4.72. The first-order valence-corrected chi connectivity index (χ1v) is 12.0. The van der Waals surface area contributed by atoms with E-state index in [1.807, 2.05) is 55.5 Å². The van der Waals surface area contributed by atoms with Crippen LogP contribution in [0.1, 0.15) is 28.6 Å². The Balaban J connectivity index is 1.53.